The first-order chi connectivity index (χ1) is 12.2. The van der Waals surface area contributed by atoms with Crippen LogP contribution in [0.1, 0.15) is 11.3 Å². The Morgan fingerprint density at radius 3 is 2.60 bits per heavy atom. The normalized spacial score (nSPS) is 10.4. The number of anilines is 2. The number of benzene rings is 2. The van der Waals surface area contributed by atoms with Gasteiger partial charge in [-0.15, -0.1) is 11.3 Å². The molecule has 128 valence electrons. The molecule has 0 saturated heterocycles. The summed E-state index contributed by atoms with van der Waals surface area (Å²) in [6.45, 7) is 0.518. The molecule has 0 unspecified atom stereocenters. The van der Waals surface area contributed by atoms with Crippen LogP contribution in [0.2, 0.25) is 0 Å². The molecule has 0 saturated carbocycles. The van der Waals surface area contributed by atoms with Gasteiger partial charge in [0.1, 0.15) is 5.82 Å². The Hall–Kier alpha value is -2.73. The molecule has 2 aromatic carbocycles. The van der Waals surface area contributed by atoms with Crippen molar-refractivity contribution in [3.63, 3.8) is 0 Å². The SMILES string of the molecule is O=C(Cc1csc(Nc2ccccc2)n1)NCCc1ccc(F)cc1. The number of thiazole rings is 1. The summed E-state index contributed by atoms with van der Waals surface area (Å²) in [5.41, 5.74) is 2.69. The predicted octanol–water partition coefficient (Wildman–Crippen LogP) is 3.93. The second-order valence-electron chi connectivity index (χ2n) is 5.54. The zero-order valence-corrected chi connectivity index (χ0v) is 14.4. The van der Waals surface area contributed by atoms with E-state index in [2.05, 4.69) is 15.6 Å². The third-order valence-electron chi connectivity index (χ3n) is 3.57. The number of nitrogens with one attached hydrogen (secondary N) is 2. The molecule has 0 fully saturated rings. The number of hydrogen-bond acceptors (Lipinski definition) is 4. The largest absolute Gasteiger partial charge is 0.355 e. The van der Waals surface area contributed by atoms with Gasteiger partial charge in [-0.25, -0.2) is 9.37 Å². The number of nitrogens with zero attached hydrogens (tertiary/aromatic N) is 1. The molecule has 0 atom stereocenters. The Balaban J connectivity index is 1.44. The quantitative estimate of drug-likeness (QED) is 0.675. The van der Waals surface area contributed by atoms with Crippen LogP contribution in [-0.2, 0) is 17.6 Å². The number of rotatable bonds is 7. The highest BCUT2D eigenvalue weighted by molar-refractivity contribution is 7.13. The van der Waals surface area contributed by atoms with Crippen molar-refractivity contribution in [1.82, 2.24) is 10.3 Å². The average Bonchev–Trinajstić information content (AvgIpc) is 3.04. The van der Waals surface area contributed by atoms with Gasteiger partial charge in [-0.3, -0.25) is 4.79 Å². The van der Waals surface area contributed by atoms with E-state index in [1.165, 1.54) is 23.5 Å². The second-order valence-corrected chi connectivity index (χ2v) is 6.40. The van der Waals surface area contributed by atoms with E-state index in [9.17, 15) is 9.18 Å². The summed E-state index contributed by atoms with van der Waals surface area (Å²) in [7, 11) is 0. The zero-order chi connectivity index (χ0) is 17.5. The van der Waals surface area contributed by atoms with E-state index in [1.807, 2.05) is 35.7 Å². The van der Waals surface area contributed by atoms with Gasteiger partial charge in [0.15, 0.2) is 5.13 Å². The van der Waals surface area contributed by atoms with Crippen molar-refractivity contribution in [2.24, 2.45) is 0 Å². The zero-order valence-electron chi connectivity index (χ0n) is 13.5. The number of carbonyl (C=O) groups excluding carboxylic acids is 1. The maximum Gasteiger partial charge on any atom is 0.226 e. The molecule has 3 aromatic rings. The minimum Gasteiger partial charge on any atom is -0.355 e. The summed E-state index contributed by atoms with van der Waals surface area (Å²) >= 11 is 1.47. The van der Waals surface area contributed by atoms with Crippen LogP contribution in [0.25, 0.3) is 0 Å². The number of para-hydroxylation sites is 1. The number of aromatic nitrogens is 1. The molecule has 0 aliphatic carbocycles. The van der Waals surface area contributed by atoms with E-state index >= 15 is 0 Å². The topological polar surface area (TPSA) is 54.0 Å². The first-order valence-electron chi connectivity index (χ1n) is 7.97. The Kier molecular flexibility index (Phi) is 5.74. The summed E-state index contributed by atoms with van der Waals surface area (Å²) in [5, 5.41) is 8.72. The van der Waals surface area contributed by atoms with Crippen LogP contribution in [0.4, 0.5) is 15.2 Å². The molecular formula is C19H18FN3OS. The summed E-state index contributed by atoms with van der Waals surface area (Å²) in [5.74, 6) is -0.324. The van der Waals surface area contributed by atoms with Crippen molar-refractivity contribution >= 4 is 28.1 Å². The van der Waals surface area contributed by atoms with Crippen molar-refractivity contribution in [2.75, 3.05) is 11.9 Å². The van der Waals surface area contributed by atoms with Crippen LogP contribution in [0, 0.1) is 5.82 Å². The first kappa shape index (κ1) is 17.1. The highest BCUT2D eigenvalue weighted by Gasteiger charge is 2.08. The van der Waals surface area contributed by atoms with Crippen LogP contribution in [0.5, 0.6) is 0 Å². The minimum absolute atomic E-state index is 0.0707. The molecule has 0 spiro atoms. The summed E-state index contributed by atoms with van der Waals surface area (Å²) in [6.07, 6.45) is 0.917. The van der Waals surface area contributed by atoms with Crippen molar-refractivity contribution in [3.8, 4) is 0 Å². The molecule has 25 heavy (non-hydrogen) atoms. The third kappa shape index (κ3) is 5.39. The molecule has 0 aliphatic heterocycles. The van der Waals surface area contributed by atoms with E-state index in [0.29, 0.717) is 13.0 Å². The lowest BCUT2D eigenvalue weighted by molar-refractivity contribution is -0.120. The summed E-state index contributed by atoms with van der Waals surface area (Å²) < 4.78 is 12.8. The van der Waals surface area contributed by atoms with Gasteiger partial charge in [-0.1, -0.05) is 30.3 Å². The summed E-state index contributed by atoms with van der Waals surface area (Å²) in [6, 6.07) is 16.1. The van der Waals surface area contributed by atoms with E-state index in [4.69, 9.17) is 0 Å². The van der Waals surface area contributed by atoms with Crippen LogP contribution < -0.4 is 10.6 Å². The maximum atomic E-state index is 12.8. The number of hydrogen-bond donors (Lipinski definition) is 2. The number of halogens is 1. The number of amides is 1. The fourth-order valence-electron chi connectivity index (χ4n) is 2.31. The highest BCUT2D eigenvalue weighted by Crippen LogP contribution is 2.20. The van der Waals surface area contributed by atoms with Crippen LogP contribution in [0.3, 0.4) is 0 Å². The smallest absolute Gasteiger partial charge is 0.226 e. The van der Waals surface area contributed by atoms with Gasteiger partial charge in [-0.2, -0.15) is 0 Å². The molecule has 4 nitrogen and oxygen atoms in total. The van der Waals surface area contributed by atoms with E-state index in [1.54, 1.807) is 12.1 Å². The molecule has 1 amide bonds. The molecule has 6 heteroatoms. The van der Waals surface area contributed by atoms with Crippen molar-refractivity contribution in [2.45, 2.75) is 12.8 Å². The predicted molar refractivity (Wildman–Crippen MR) is 98.7 cm³/mol. The van der Waals surface area contributed by atoms with Gasteiger partial charge in [-0.05, 0) is 36.2 Å². The molecule has 0 bridgehead atoms. The second kappa shape index (κ2) is 8.39. The van der Waals surface area contributed by atoms with Crippen LogP contribution in [-0.4, -0.2) is 17.4 Å². The summed E-state index contributed by atoms with van der Waals surface area (Å²) in [4.78, 5) is 16.4. The molecular weight excluding hydrogens is 337 g/mol. The standard InChI is InChI=1S/C19H18FN3OS/c20-15-8-6-14(7-9-15)10-11-21-18(24)12-17-13-25-19(23-17)22-16-4-2-1-3-5-16/h1-9,13H,10-12H2,(H,21,24)(H,22,23). The number of carbonyl (C=O) groups is 1. The van der Waals surface area contributed by atoms with Gasteiger partial charge < -0.3 is 10.6 Å². The molecule has 0 aliphatic rings. The van der Waals surface area contributed by atoms with Gasteiger partial charge in [0, 0.05) is 17.6 Å². The molecule has 1 heterocycles. The van der Waals surface area contributed by atoms with Crippen molar-refractivity contribution in [1.29, 1.82) is 0 Å². The van der Waals surface area contributed by atoms with Gasteiger partial charge in [0.2, 0.25) is 5.91 Å². The Bertz CT molecular complexity index is 818. The van der Waals surface area contributed by atoms with E-state index in [-0.39, 0.29) is 18.1 Å². The van der Waals surface area contributed by atoms with E-state index < -0.39 is 0 Å². The lowest BCUT2D eigenvalue weighted by atomic mass is 10.1. The van der Waals surface area contributed by atoms with Crippen molar-refractivity contribution in [3.05, 3.63) is 77.1 Å². The lowest BCUT2D eigenvalue weighted by Gasteiger charge is -2.04. The maximum absolute atomic E-state index is 12.8. The lowest BCUT2D eigenvalue weighted by Crippen LogP contribution is -2.27. The van der Waals surface area contributed by atoms with E-state index in [0.717, 1.165) is 22.1 Å². The first-order valence-corrected chi connectivity index (χ1v) is 8.84. The molecule has 1 aromatic heterocycles. The molecule has 3 rings (SSSR count). The van der Waals surface area contributed by atoms with Crippen LogP contribution in [0.15, 0.2) is 60.0 Å². The highest BCUT2D eigenvalue weighted by atomic mass is 32.1. The van der Waals surface area contributed by atoms with Gasteiger partial charge in [0.05, 0.1) is 12.1 Å². The molecule has 2 N–H and O–H groups in total. The van der Waals surface area contributed by atoms with Gasteiger partial charge in [0.25, 0.3) is 0 Å². The Labute approximate surface area is 149 Å². The fourth-order valence-corrected chi connectivity index (χ4v) is 3.05. The minimum atomic E-state index is -0.253. The third-order valence-corrected chi connectivity index (χ3v) is 4.37. The Morgan fingerprint density at radius 1 is 1.08 bits per heavy atom. The van der Waals surface area contributed by atoms with Crippen LogP contribution >= 0.6 is 11.3 Å². The monoisotopic (exact) mass is 355 g/mol. The molecule has 0 radical (unpaired) electrons. The van der Waals surface area contributed by atoms with Crippen molar-refractivity contribution < 1.29 is 9.18 Å². The van der Waals surface area contributed by atoms with Gasteiger partial charge >= 0.3 is 0 Å². The average molecular weight is 355 g/mol. The fraction of sp³-hybridized carbons (Fsp3) is 0.158. The Morgan fingerprint density at radius 2 is 1.84 bits per heavy atom.